The van der Waals surface area contributed by atoms with Crippen LogP contribution >= 0.6 is 0 Å². The molecule has 3 nitrogen and oxygen atoms in total. The zero-order valence-electron chi connectivity index (χ0n) is 12.9. The van der Waals surface area contributed by atoms with E-state index in [0.717, 1.165) is 18.6 Å². The van der Waals surface area contributed by atoms with Crippen molar-refractivity contribution in [2.45, 2.75) is 51.9 Å². The van der Waals surface area contributed by atoms with Gasteiger partial charge in [-0.3, -0.25) is 0 Å². The lowest BCUT2D eigenvalue weighted by molar-refractivity contribution is 0.0697. The fourth-order valence-electron chi connectivity index (χ4n) is 2.01. The highest BCUT2D eigenvalue weighted by Gasteiger charge is 2.01. The molecule has 116 valence electrons. The molecule has 0 aliphatic rings. The molecule has 0 radical (unpaired) electrons. The smallest absolute Gasteiger partial charge is 0.335 e. The number of benzene rings is 1. The summed E-state index contributed by atoms with van der Waals surface area (Å²) < 4.78 is 5.57. The molecule has 3 heteroatoms. The van der Waals surface area contributed by atoms with E-state index >= 15 is 0 Å². The van der Waals surface area contributed by atoms with Crippen molar-refractivity contribution in [2.24, 2.45) is 0 Å². The third kappa shape index (κ3) is 8.18. The van der Waals surface area contributed by atoms with Gasteiger partial charge < -0.3 is 9.84 Å². The van der Waals surface area contributed by atoms with Crippen molar-refractivity contribution in [3.63, 3.8) is 0 Å². The summed E-state index contributed by atoms with van der Waals surface area (Å²) in [5.41, 5.74) is 0.286. The van der Waals surface area contributed by atoms with Crippen LogP contribution in [0.2, 0.25) is 0 Å². The molecule has 0 aliphatic carbocycles. The Morgan fingerprint density at radius 2 is 1.71 bits per heavy atom. The van der Waals surface area contributed by atoms with Crippen molar-refractivity contribution in [2.75, 3.05) is 6.61 Å². The van der Waals surface area contributed by atoms with Crippen molar-refractivity contribution in [1.82, 2.24) is 0 Å². The maximum Gasteiger partial charge on any atom is 0.335 e. The second-order valence-corrected chi connectivity index (χ2v) is 5.14. The maximum atomic E-state index is 10.7. The van der Waals surface area contributed by atoms with Crippen molar-refractivity contribution in [3.8, 4) is 5.75 Å². The number of rotatable bonds is 11. The first-order chi connectivity index (χ1) is 10.2. The Kier molecular flexibility index (Phi) is 9.01. The number of carboxylic acids is 1. The predicted octanol–water partition coefficient (Wildman–Crippen LogP) is 5.07. The Balaban J connectivity index is 2.06. The second kappa shape index (κ2) is 11.0. The quantitative estimate of drug-likeness (QED) is 0.457. The fourth-order valence-corrected chi connectivity index (χ4v) is 2.01. The molecule has 0 bridgehead atoms. The van der Waals surface area contributed by atoms with Crippen molar-refractivity contribution >= 4 is 5.97 Å². The van der Waals surface area contributed by atoms with Gasteiger partial charge in [-0.05, 0) is 49.9 Å². The van der Waals surface area contributed by atoms with Gasteiger partial charge >= 0.3 is 5.97 Å². The summed E-state index contributed by atoms with van der Waals surface area (Å²) in [4.78, 5) is 10.7. The van der Waals surface area contributed by atoms with Crippen LogP contribution in [0.5, 0.6) is 5.75 Å². The number of allylic oxidation sites excluding steroid dienone is 2. The van der Waals surface area contributed by atoms with Crippen LogP contribution < -0.4 is 4.74 Å². The molecule has 1 aromatic rings. The lowest BCUT2D eigenvalue weighted by atomic mass is 10.1. The highest BCUT2D eigenvalue weighted by Crippen LogP contribution is 2.12. The van der Waals surface area contributed by atoms with E-state index in [1.165, 1.54) is 32.1 Å². The van der Waals surface area contributed by atoms with E-state index in [9.17, 15) is 4.79 Å². The highest BCUT2D eigenvalue weighted by atomic mass is 16.5. The summed E-state index contributed by atoms with van der Waals surface area (Å²) in [6, 6.07) is 6.53. The molecule has 0 aliphatic heterocycles. The van der Waals surface area contributed by atoms with Gasteiger partial charge in [0.1, 0.15) is 5.75 Å². The third-order valence-electron chi connectivity index (χ3n) is 3.28. The predicted molar refractivity (Wildman–Crippen MR) is 86.0 cm³/mol. The maximum absolute atomic E-state index is 10.7. The Morgan fingerprint density at radius 1 is 1.05 bits per heavy atom. The van der Waals surface area contributed by atoms with Gasteiger partial charge in [0.05, 0.1) is 12.2 Å². The van der Waals surface area contributed by atoms with Crippen LogP contribution in [0, 0.1) is 0 Å². The van der Waals surface area contributed by atoms with E-state index in [4.69, 9.17) is 9.84 Å². The number of carbonyl (C=O) groups is 1. The summed E-state index contributed by atoms with van der Waals surface area (Å²) in [6.45, 7) is 2.89. The normalized spacial score (nSPS) is 10.9. The number of carboxylic acid groups (broad SMARTS) is 1. The molecule has 1 rings (SSSR count). The zero-order valence-corrected chi connectivity index (χ0v) is 12.9. The topological polar surface area (TPSA) is 46.5 Å². The Labute approximate surface area is 127 Å². The Bertz CT molecular complexity index is 421. The first kappa shape index (κ1) is 17.3. The average Bonchev–Trinajstić information content (AvgIpc) is 2.49. The van der Waals surface area contributed by atoms with Crippen molar-refractivity contribution < 1.29 is 14.6 Å². The van der Waals surface area contributed by atoms with Crippen LogP contribution in [0.1, 0.15) is 62.2 Å². The fraction of sp³-hybridized carbons (Fsp3) is 0.500. The number of aromatic carboxylic acids is 1. The van der Waals surface area contributed by atoms with Crippen molar-refractivity contribution in [1.29, 1.82) is 0 Å². The minimum absolute atomic E-state index is 0.286. The minimum Gasteiger partial charge on any atom is -0.494 e. The number of ether oxygens (including phenoxy) is 1. The van der Waals surface area contributed by atoms with Gasteiger partial charge in [-0.15, -0.1) is 0 Å². The van der Waals surface area contributed by atoms with Crippen molar-refractivity contribution in [3.05, 3.63) is 42.0 Å². The molecule has 0 saturated carbocycles. The summed E-state index contributed by atoms with van der Waals surface area (Å²) in [7, 11) is 0. The van der Waals surface area contributed by atoms with Crippen LogP contribution in [-0.4, -0.2) is 17.7 Å². The molecule has 0 spiro atoms. The van der Waals surface area contributed by atoms with Gasteiger partial charge in [-0.1, -0.05) is 38.3 Å². The lowest BCUT2D eigenvalue weighted by Gasteiger charge is -2.05. The summed E-state index contributed by atoms with van der Waals surface area (Å²) in [5, 5.41) is 8.79. The number of hydrogen-bond acceptors (Lipinski definition) is 2. The SMILES string of the molecule is CCCCCCC=CCCCOc1ccc(C(=O)O)cc1. The molecule has 1 N–H and O–H groups in total. The van der Waals surface area contributed by atoms with Gasteiger partial charge in [-0.25, -0.2) is 4.79 Å². The molecular weight excluding hydrogens is 264 g/mol. The number of unbranched alkanes of at least 4 members (excludes halogenated alkanes) is 5. The Morgan fingerprint density at radius 3 is 2.33 bits per heavy atom. The van der Waals surface area contributed by atoms with Crippen LogP contribution in [0.3, 0.4) is 0 Å². The molecule has 21 heavy (non-hydrogen) atoms. The van der Waals surface area contributed by atoms with Gasteiger partial charge in [0.15, 0.2) is 0 Å². The van der Waals surface area contributed by atoms with Crippen LogP contribution in [0.15, 0.2) is 36.4 Å². The van der Waals surface area contributed by atoms with E-state index in [-0.39, 0.29) is 5.56 Å². The molecule has 0 heterocycles. The molecule has 0 amide bonds. The zero-order chi connectivity index (χ0) is 15.3. The first-order valence-electron chi connectivity index (χ1n) is 7.85. The molecular formula is C18H26O3. The molecule has 0 saturated heterocycles. The molecule has 0 aromatic heterocycles. The van der Waals surface area contributed by atoms with E-state index in [0.29, 0.717) is 6.61 Å². The largest absolute Gasteiger partial charge is 0.494 e. The van der Waals surface area contributed by atoms with Crippen LogP contribution in [0.25, 0.3) is 0 Å². The average molecular weight is 290 g/mol. The van der Waals surface area contributed by atoms with Gasteiger partial charge in [0, 0.05) is 0 Å². The lowest BCUT2D eigenvalue weighted by Crippen LogP contribution is -1.98. The number of hydrogen-bond donors (Lipinski definition) is 1. The Hall–Kier alpha value is -1.77. The molecule has 1 aromatic carbocycles. The summed E-state index contributed by atoms with van der Waals surface area (Å²) >= 11 is 0. The van der Waals surface area contributed by atoms with Crippen LogP contribution in [0.4, 0.5) is 0 Å². The van der Waals surface area contributed by atoms with E-state index < -0.39 is 5.97 Å². The summed E-state index contributed by atoms with van der Waals surface area (Å²) in [5.74, 6) is -0.186. The highest BCUT2D eigenvalue weighted by molar-refractivity contribution is 5.87. The van der Waals surface area contributed by atoms with Gasteiger partial charge in [0.2, 0.25) is 0 Å². The monoisotopic (exact) mass is 290 g/mol. The van der Waals surface area contributed by atoms with Crippen LogP contribution in [-0.2, 0) is 0 Å². The van der Waals surface area contributed by atoms with Gasteiger partial charge in [-0.2, -0.15) is 0 Å². The second-order valence-electron chi connectivity index (χ2n) is 5.14. The molecule has 0 unspecified atom stereocenters. The third-order valence-corrected chi connectivity index (χ3v) is 3.28. The van der Waals surface area contributed by atoms with Gasteiger partial charge in [0.25, 0.3) is 0 Å². The molecule has 0 atom stereocenters. The first-order valence-corrected chi connectivity index (χ1v) is 7.85. The van der Waals surface area contributed by atoms with E-state index in [1.807, 2.05) is 0 Å². The van der Waals surface area contributed by atoms with E-state index in [1.54, 1.807) is 24.3 Å². The minimum atomic E-state index is -0.911. The molecule has 0 fully saturated rings. The van der Waals surface area contributed by atoms with E-state index in [2.05, 4.69) is 19.1 Å². The summed E-state index contributed by atoms with van der Waals surface area (Å²) in [6.07, 6.45) is 12.9. The standard InChI is InChI=1S/C18H26O3/c1-2-3-4-5-6-7-8-9-10-15-21-17-13-11-16(12-14-17)18(19)20/h7-8,11-14H,2-6,9-10,15H2,1H3,(H,19,20).